The molecule has 0 spiro atoms. The minimum Gasteiger partial charge on any atom is -0.381 e. The maximum atomic E-state index is 12.8. The number of nitrogens with two attached hydrogens (primary N) is 1. The Morgan fingerprint density at radius 2 is 2.10 bits per heavy atom. The van der Waals surface area contributed by atoms with Gasteiger partial charge in [0.2, 0.25) is 10.0 Å². The molecule has 1 aliphatic heterocycles. The Kier molecular flexibility index (Phi) is 4.39. The summed E-state index contributed by atoms with van der Waals surface area (Å²) in [6.07, 6.45) is 5.09. The van der Waals surface area contributed by atoms with E-state index >= 15 is 0 Å². The van der Waals surface area contributed by atoms with Crippen LogP contribution in [-0.4, -0.2) is 34.6 Å². The zero-order valence-electron chi connectivity index (χ0n) is 12.4. The lowest BCUT2D eigenvalue weighted by atomic mass is 10.2. The van der Waals surface area contributed by atoms with Gasteiger partial charge < -0.3 is 5.73 Å². The number of anilines is 1. The van der Waals surface area contributed by atoms with Crippen molar-refractivity contribution < 1.29 is 8.42 Å². The zero-order chi connectivity index (χ0) is 14.9. The first kappa shape index (κ1) is 15.3. The predicted molar refractivity (Wildman–Crippen MR) is 78.7 cm³/mol. The van der Waals surface area contributed by atoms with Crippen LogP contribution in [0.15, 0.2) is 11.1 Å². The third kappa shape index (κ3) is 2.56. The van der Waals surface area contributed by atoms with Crippen LogP contribution < -0.4 is 5.73 Å². The average Bonchev–Trinajstić information content (AvgIpc) is 2.93. The summed E-state index contributed by atoms with van der Waals surface area (Å²) in [7, 11) is -3.55. The van der Waals surface area contributed by atoms with Crippen LogP contribution in [0, 0.1) is 0 Å². The number of aryl methyl sites for hydroxylation is 1. The summed E-state index contributed by atoms with van der Waals surface area (Å²) >= 11 is 0. The molecule has 1 aromatic heterocycles. The molecule has 1 aliphatic rings. The van der Waals surface area contributed by atoms with Crippen LogP contribution in [0.4, 0.5) is 5.82 Å². The third-order valence-corrected chi connectivity index (χ3v) is 6.03. The highest BCUT2D eigenvalue weighted by Gasteiger charge is 2.40. The maximum Gasteiger partial charge on any atom is 0.248 e. The first-order valence-corrected chi connectivity index (χ1v) is 8.72. The predicted octanol–water partition coefficient (Wildman–Crippen LogP) is 1.83. The average molecular weight is 300 g/mol. The van der Waals surface area contributed by atoms with Gasteiger partial charge in [-0.25, -0.2) is 8.42 Å². The number of nitrogens with zero attached hydrogens (tertiary/aromatic N) is 3. The van der Waals surface area contributed by atoms with Gasteiger partial charge >= 0.3 is 0 Å². The molecule has 1 saturated heterocycles. The van der Waals surface area contributed by atoms with Crippen LogP contribution in [0.5, 0.6) is 0 Å². The molecule has 2 heterocycles. The van der Waals surface area contributed by atoms with Gasteiger partial charge in [0.25, 0.3) is 0 Å². The first-order valence-electron chi connectivity index (χ1n) is 7.28. The molecule has 2 rings (SSSR count). The van der Waals surface area contributed by atoms with Crippen molar-refractivity contribution >= 4 is 15.8 Å². The van der Waals surface area contributed by atoms with Gasteiger partial charge in [0, 0.05) is 24.8 Å². The highest BCUT2D eigenvalue weighted by molar-refractivity contribution is 7.89. The van der Waals surface area contributed by atoms with Gasteiger partial charge in [-0.15, -0.1) is 0 Å². The van der Waals surface area contributed by atoms with Crippen molar-refractivity contribution in [3.63, 3.8) is 0 Å². The summed E-state index contributed by atoms with van der Waals surface area (Å²) in [4.78, 5) is 0.151. The Balaban J connectivity index is 2.39. The minimum absolute atomic E-state index is 0.0267. The van der Waals surface area contributed by atoms with E-state index in [1.54, 1.807) is 15.2 Å². The molecule has 6 nitrogen and oxygen atoms in total. The topological polar surface area (TPSA) is 81.2 Å². The Morgan fingerprint density at radius 3 is 2.70 bits per heavy atom. The SMILES string of the molecule is CCCn1cc(S(=O)(=O)N2C(C)CCC2CC)c(N)n1. The molecule has 1 fully saturated rings. The minimum atomic E-state index is -3.55. The fourth-order valence-corrected chi connectivity index (χ4v) is 4.95. The van der Waals surface area contributed by atoms with Gasteiger partial charge in [0.15, 0.2) is 5.82 Å². The number of hydrogen-bond donors (Lipinski definition) is 1. The quantitative estimate of drug-likeness (QED) is 0.899. The van der Waals surface area contributed by atoms with Crippen LogP contribution in [0.25, 0.3) is 0 Å². The highest BCUT2D eigenvalue weighted by Crippen LogP contribution is 2.33. The van der Waals surface area contributed by atoms with E-state index < -0.39 is 10.0 Å². The second kappa shape index (κ2) is 5.73. The number of hydrogen-bond acceptors (Lipinski definition) is 4. The van der Waals surface area contributed by atoms with E-state index in [-0.39, 0.29) is 22.8 Å². The summed E-state index contributed by atoms with van der Waals surface area (Å²) in [5.41, 5.74) is 5.82. The summed E-state index contributed by atoms with van der Waals surface area (Å²) in [6.45, 7) is 6.67. The fraction of sp³-hybridized carbons (Fsp3) is 0.769. The molecule has 0 amide bonds. The number of aromatic nitrogens is 2. The molecular weight excluding hydrogens is 276 g/mol. The van der Waals surface area contributed by atoms with Crippen LogP contribution in [0.1, 0.15) is 46.5 Å². The van der Waals surface area contributed by atoms with Gasteiger partial charge in [0.05, 0.1) is 0 Å². The standard InChI is InChI=1S/C13H24N4O2S/c1-4-8-16-9-12(13(14)15-16)20(18,19)17-10(3)6-7-11(17)5-2/h9-11H,4-8H2,1-3H3,(H2,14,15). The van der Waals surface area contributed by atoms with E-state index in [0.29, 0.717) is 6.54 Å². The number of sulfonamides is 1. The van der Waals surface area contributed by atoms with E-state index in [0.717, 1.165) is 25.7 Å². The van der Waals surface area contributed by atoms with Gasteiger partial charge in [-0.1, -0.05) is 13.8 Å². The molecule has 114 valence electrons. The lowest BCUT2D eigenvalue weighted by Gasteiger charge is -2.26. The van der Waals surface area contributed by atoms with E-state index in [1.807, 2.05) is 20.8 Å². The van der Waals surface area contributed by atoms with Crippen molar-refractivity contribution in [3.8, 4) is 0 Å². The van der Waals surface area contributed by atoms with Gasteiger partial charge in [-0.2, -0.15) is 9.40 Å². The number of rotatable bonds is 5. The van der Waals surface area contributed by atoms with Gasteiger partial charge in [0.1, 0.15) is 4.90 Å². The molecule has 1 aromatic rings. The van der Waals surface area contributed by atoms with Crippen molar-refractivity contribution in [2.24, 2.45) is 0 Å². The van der Waals surface area contributed by atoms with Crippen LogP contribution in [0.2, 0.25) is 0 Å². The van der Waals surface area contributed by atoms with Crippen molar-refractivity contribution in [2.75, 3.05) is 5.73 Å². The molecule has 0 saturated carbocycles. The van der Waals surface area contributed by atoms with Crippen LogP contribution in [-0.2, 0) is 16.6 Å². The Morgan fingerprint density at radius 1 is 1.40 bits per heavy atom. The second-order valence-electron chi connectivity index (χ2n) is 5.47. The Bertz CT molecular complexity index is 567. The van der Waals surface area contributed by atoms with Crippen molar-refractivity contribution in [3.05, 3.63) is 6.20 Å². The first-order chi connectivity index (χ1) is 9.41. The number of nitrogen functional groups attached to an aromatic ring is 1. The largest absolute Gasteiger partial charge is 0.381 e. The van der Waals surface area contributed by atoms with Crippen LogP contribution >= 0.6 is 0 Å². The molecular formula is C13H24N4O2S. The van der Waals surface area contributed by atoms with E-state index in [4.69, 9.17) is 5.73 Å². The molecule has 0 radical (unpaired) electrons. The molecule has 0 bridgehead atoms. The van der Waals surface area contributed by atoms with Crippen molar-refractivity contribution in [1.29, 1.82) is 0 Å². The molecule has 2 atom stereocenters. The molecule has 2 unspecified atom stereocenters. The zero-order valence-corrected chi connectivity index (χ0v) is 13.2. The van der Waals surface area contributed by atoms with Crippen LogP contribution in [0.3, 0.4) is 0 Å². The summed E-state index contributed by atoms with van der Waals surface area (Å²) in [5.74, 6) is 0.104. The van der Waals surface area contributed by atoms with Crippen molar-refractivity contribution in [2.45, 2.75) is 70.0 Å². The molecule has 7 heteroatoms. The smallest absolute Gasteiger partial charge is 0.248 e. The fourth-order valence-electron chi connectivity index (χ4n) is 2.94. The van der Waals surface area contributed by atoms with E-state index in [1.165, 1.54) is 0 Å². The van der Waals surface area contributed by atoms with Crippen molar-refractivity contribution in [1.82, 2.24) is 14.1 Å². The lowest BCUT2D eigenvalue weighted by Crippen LogP contribution is -2.39. The maximum absolute atomic E-state index is 12.8. The molecule has 2 N–H and O–H groups in total. The van der Waals surface area contributed by atoms with E-state index in [9.17, 15) is 8.42 Å². The lowest BCUT2D eigenvalue weighted by molar-refractivity contribution is 0.329. The monoisotopic (exact) mass is 300 g/mol. The highest BCUT2D eigenvalue weighted by atomic mass is 32.2. The third-order valence-electron chi connectivity index (χ3n) is 3.95. The molecule has 0 aromatic carbocycles. The Labute approximate surface area is 121 Å². The summed E-state index contributed by atoms with van der Waals surface area (Å²) in [6, 6.07) is 0.0998. The Hall–Kier alpha value is -1.08. The molecule has 0 aliphatic carbocycles. The van der Waals surface area contributed by atoms with Gasteiger partial charge in [-0.05, 0) is 32.6 Å². The molecule has 20 heavy (non-hydrogen) atoms. The second-order valence-corrected chi connectivity index (χ2v) is 7.28. The summed E-state index contributed by atoms with van der Waals surface area (Å²) < 4.78 is 28.9. The van der Waals surface area contributed by atoms with E-state index in [2.05, 4.69) is 5.10 Å². The normalized spacial score (nSPS) is 24.4. The summed E-state index contributed by atoms with van der Waals surface area (Å²) in [5, 5.41) is 4.10. The van der Waals surface area contributed by atoms with Gasteiger partial charge in [-0.3, -0.25) is 4.68 Å².